The molecule has 1 aliphatic carbocycles. The van der Waals surface area contributed by atoms with Crippen LogP contribution < -0.4 is 0 Å². The highest BCUT2D eigenvalue weighted by Gasteiger charge is 2.28. The summed E-state index contributed by atoms with van der Waals surface area (Å²) >= 11 is 0. The first-order valence-electron chi connectivity index (χ1n) is 6.18. The average molecular weight is 226 g/mol. The van der Waals surface area contributed by atoms with Gasteiger partial charge in [-0.2, -0.15) is 0 Å². The largest absolute Gasteiger partial charge is 0.463 e. The quantitative estimate of drug-likeness (QED) is 0.578. The van der Waals surface area contributed by atoms with Crippen molar-refractivity contribution in [2.45, 2.75) is 39.5 Å². The molecular weight excluding hydrogens is 204 g/mol. The zero-order valence-electron chi connectivity index (χ0n) is 10.2. The van der Waals surface area contributed by atoms with E-state index in [1.807, 2.05) is 6.92 Å². The van der Waals surface area contributed by atoms with Crippen LogP contribution in [-0.2, 0) is 9.53 Å². The van der Waals surface area contributed by atoms with Crippen LogP contribution in [0.25, 0.3) is 0 Å². The van der Waals surface area contributed by atoms with Crippen LogP contribution >= 0.6 is 0 Å². The molecule has 0 spiro atoms. The van der Waals surface area contributed by atoms with Gasteiger partial charge in [-0.25, -0.2) is 4.79 Å². The molecule has 0 aromatic carbocycles. The molecule has 0 heterocycles. The van der Waals surface area contributed by atoms with Gasteiger partial charge in [-0.1, -0.05) is 25.8 Å². The number of aliphatic hydroxyl groups is 1. The maximum Gasteiger partial charge on any atom is 0.330 e. The van der Waals surface area contributed by atoms with Crippen molar-refractivity contribution < 1.29 is 14.6 Å². The molecule has 1 fully saturated rings. The highest BCUT2D eigenvalue weighted by atomic mass is 16.5. The number of carbonyl (C=O) groups is 1. The van der Waals surface area contributed by atoms with Crippen LogP contribution in [0.1, 0.15) is 39.5 Å². The molecule has 3 nitrogen and oxygen atoms in total. The van der Waals surface area contributed by atoms with Crippen LogP contribution in [0.3, 0.4) is 0 Å². The zero-order valence-corrected chi connectivity index (χ0v) is 10.2. The number of esters is 1. The minimum atomic E-state index is -0.231. The highest BCUT2D eigenvalue weighted by Crippen LogP contribution is 2.37. The van der Waals surface area contributed by atoms with Crippen LogP contribution in [0.5, 0.6) is 0 Å². The molecule has 0 amide bonds. The van der Waals surface area contributed by atoms with Crippen molar-refractivity contribution in [3.8, 4) is 0 Å². The van der Waals surface area contributed by atoms with Gasteiger partial charge in [0.05, 0.1) is 6.61 Å². The van der Waals surface area contributed by atoms with Crippen LogP contribution in [-0.4, -0.2) is 24.3 Å². The average Bonchev–Trinajstić information content (AvgIpc) is 2.68. The first kappa shape index (κ1) is 13.2. The van der Waals surface area contributed by atoms with Crippen LogP contribution in [0.2, 0.25) is 0 Å². The van der Waals surface area contributed by atoms with Gasteiger partial charge in [0.1, 0.15) is 0 Å². The summed E-state index contributed by atoms with van der Waals surface area (Å²) in [6.45, 7) is 4.82. The maximum atomic E-state index is 11.4. The molecular formula is C13H22O3. The molecule has 0 bridgehead atoms. The zero-order chi connectivity index (χ0) is 12.0. The van der Waals surface area contributed by atoms with Crippen molar-refractivity contribution >= 4 is 5.97 Å². The molecule has 0 saturated heterocycles. The van der Waals surface area contributed by atoms with Crippen LogP contribution in [0.4, 0.5) is 0 Å². The van der Waals surface area contributed by atoms with Gasteiger partial charge in [0.15, 0.2) is 0 Å². The van der Waals surface area contributed by atoms with Crippen molar-refractivity contribution in [2.24, 2.45) is 11.8 Å². The molecule has 1 N–H and O–H groups in total. The van der Waals surface area contributed by atoms with E-state index in [0.717, 1.165) is 31.3 Å². The number of hydrogen-bond acceptors (Lipinski definition) is 3. The van der Waals surface area contributed by atoms with Crippen molar-refractivity contribution in [3.63, 3.8) is 0 Å². The third kappa shape index (κ3) is 3.63. The Morgan fingerprint density at radius 1 is 1.44 bits per heavy atom. The molecule has 92 valence electrons. The summed E-state index contributed by atoms with van der Waals surface area (Å²) in [6.07, 6.45) is 5.31. The molecule has 0 radical (unpaired) electrons. The molecule has 0 aromatic heterocycles. The number of aliphatic hydroxyl groups excluding tert-OH is 1. The summed E-state index contributed by atoms with van der Waals surface area (Å²) in [5.41, 5.74) is 1.13. The van der Waals surface area contributed by atoms with Gasteiger partial charge >= 0.3 is 5.97 Å². The summed E-state index contributed by atoms with van der Waals surface area (Å²) in [6, 6.07) is 0. The van der Waals surface area contributed by atoms with Crippen LogP contribution in [0, 0.1) is 11.8 Å². The fourth-order valence-corrected chi connectivity index (χ4v) is 2.31. The molecule has 0 unspecified atom stereocenters. The fourth-order valence-electron chi connectivity index (χ4n) is 2.31. The Morgan fingerprint density at radius 2 is 2.12 bits per heavy atom. The summed E-state index contributed by atoms with van der Waals surface area (Å²) in [4.78, 5) is 11.4. The van der Waals surface area contributed by atoms with E-state index in [4.69, 9.17) is 4.74 Å². The van der Waals surface area contributed by atoms with E-state index in [9.17, 15) is 9.90 Å². The number of hydrogen-bond donors (Lipinski definition) is 1. The van der Waals surface area contributed by atoms with Gasteiger partial charge in [0, 0.05) is 12.7 Å². The first-order valence-corrected chi connectivity index (χ1v) is 6.18. The van der Waals surface area contributed by atoms with Crippen LogP contribution in [0.15, 0.2) is 11.6 Å². The molecule has 0 aliphatic heterocycles. The molecule has 16 heavy (non-hydrogen) atoms. The van der Waals surface area contributed by atoms with Crippen molar-refractivity contribution in [1.29, 1.82) is 0 Å². The minimum Gasteiger partial charge on any atom is -0.463 e. The lowest BCUT2D eigenvalue weighted by atomic mass is 9.95. The van der Waals surface area contributed by atoms with E-state index in [1.54, 1.807) is 6.08 Å². The lowest BCUT2D eigenvalue weighted by Crippen LogP contribution is -2.10. The summed E-state index contributed by atoms with van der Waals surface area (Å²) < 4.78 is 5.01. The monoisotopic (exact) mass is 226 g/mol. The second-order valence-electron chi connectivity index (χ2n) is 4.49. The number of allylic oxidation sites excluding steroid dienone is 1. The van der Waals surface area contributed by atoms with Crippen molar-refractivity contribution in [1.82, 2.24) is 0 Å². The van der Waals surface area contributed by atoms with E-state index in [0.29, 0.717) is 18.4 Å². The van der Waals surface area contributed by atoms with Gasteiger partial charge in [0.2, 0.25) is 0 Å². The third-order valence-corrected chi connectivity index (χ3v) is 3.24. The van der Waals surface area contributed by atoms with E-state index < -0.39 is 0 Å². The summed E-state index contributed by atoms with van der Waals surface area (Å²) in [7, 11) is 0. The molecule has 1 saturated carbocycles. The SMILES string of the molecule is CCCOC(=O)/C=C1/C[C@@H](CC)[C@@H](CO)C1. The molecule has 3 heteroatoms. The predicted octanol–water partition coefficient (Wildman–Crippen LogP) is 2.29. The Kier molecular flexibility index (Phi) is 5.53. The van der Waals surface area contributed by atoms with E-state index >= 15 is 0 Å². The van der Waals surface area contributed by atoms with Gasteiger partial charge in [-0.3, -0.25) is 0 Å². The fraction of sp³-hybridized carbons (Fsp3) is 0.769. The normalized spacial score (nSPS) is 27.3. The smallest absolute Gasteiger partial charge is 0.330 e. The Balaban J connectivity index is 2.49. The first-order chi connectivity index (χ1) is 7.71. The Morgan fingerprint density at radius 3 is 2.62 bits per heavy atom. The Labute approximate surface area is 97.5 Å². The number of rotatable bonds is 5. The van der Waals surface area contributed by atoms with Crippen molar-refractivity contribution in [3.05, 3.63) is 11.6 Å². The third-order valence-electron chi connectivity index (χ3n) is 3.24. The van der Waals surface area contributed by atoms with Gasteiger partial charge in [-0.05, 0) is 31.1 Å². The number of carbonyl (C=O) groups excluding carboxylic acids is 1. The molecule has 2 atom stereocenters. The lowest BCUT2D eigenvalue weighted by Gasteiger charge is -2.13. The second kappa shape index (κ2) is 6.69. The topological polar surface area (TPSA) is 46.5 Å². The highest BCUT2D eigenvalue weighted by molar-refractivity contribution is 5.82. The molecule has 0 aromatic rings. The minimum absolute atomic E-state index is 0.222. The van der Waals surface area contributed by atoms with Gasteiger partial charge < -0.3 is 9.84 Å². The van der Waals surface area contributed by atoms with Crippen molar-refractivity contribution in [2.75, 3.05) is 13.2 Å². The van der Waals surface area contributed by atoms with Gasteiger partial charge in [0.25, 0.3) is 0 Å². The lowest BCUT2D eigenvalue weighted by molar-refractivity contribution is -0.137. The maximum absolute atomic E-state index is 11.4. The summed E-state index contributed by atoms with van der Waals surface area (Å²) in [5, 5.41) is 9.22. The predicted molar refractivity (Wildman–Crippen MR) is 62.9 cm³/mol. The standard InChI is InChI=1S/C13H22O3/c1-3-5-16-13(15)8-10-6-11(4-2)12(7-10)9-14/h8,11-12,14H,3-7,9H2,1-2H3/b10-8-/t11-,12-/m1/s1. The summed E-state index contributed by atoms with van der Waals surface area (Å²) in [5.74, 6) is 0.621. The second-order valence-corrected chi connectivity index (χ2v) is 4.49. The molecule has 1 rings (SSSR count). The van der Waals surface area contributed by atoms with E-state index in [-0.39, 0.29) is 12.6 Å². The van der Waals surface area contributed by atoms with E-state index in [1.165, 1.54) is 0 Å². The number of ether oxygens (including phenoxy) is 1. The Hall–Kier alpha value is -0.830. The molecule has 1 aliphatic rings. The Bertz CT molecular complexity index is 244. The van der Waals surface area contributed by atoms with Gasteiger partial charge in [-0.15, -0.1) is 0 Å². The van der Waals surface area contributed by atoms with E-state index in [2.05, 4.69) is 6.92 Å².